The van der Waals surface area contributed by atoms with Crippen molar-refractivity contribution >= 4 is 44.4 Å². The number of fused-ring (bicyclic) bond motifs is 2. The molecule has 3 aromatic carbocycles. The molecule has 1 amide bonds. The Labute approximate surface area is 255 Å². The number of nitrogens with zero attached hydrogens (tertiary/aromatic N) is 3. The van der Waals surface area contributed by atoms with E-state index in [4.69, 9.17) is 0 Å². The number of amides is 1. The Hall–Kier alpha value is -4.56. The molecule has 6 rings (SSSR count). The highest BCUT2D eigenvalue weighted by atomic mass is 32.1. The Kier molecular flexibility index (Phi) is 8.75. The Morgan fingerprint density at radius 3 is 2.44 bits per heavy atom. The first-order chi connectivity index (χ1) is 21.0. The first-order valence-electron chi connectivity index (χ1n) is 14.8. The summed E-state index contributed by atoms with van der Waals surface area (Å²) < 4.78 is 1.02. The number of anilines is 2. The molecule has 7 nitrogen and oxygen atoms in total. The second-order valence-corrected chi connectivity index (χ2v) is 12.0. The number of carbonyl (C=O) groups excluding carboxylic acids is 1. The quantitative estimate of drug-likeness (QED) is 0.154. The minimum absolute atomic E-state index is 0.120. The van der Waals surface area contributed by atoms with Crippen LogP contribution < -0.4 is 10.2 Å². The van der Waals surface area contributed by atoms with E-state index < -0.39 is 5.97 Å². The molecule has 2 N–H and O–H groups in total. The second-order valence-electron chi connectivity index (χ2n) is 10.9. The van der Waals surface area contributed by atoms with Crippen molar-refractivity contribution in [3.63, 3.8) is 0 Å². The van der Waals surface area contributed by atoms with Crippen LogP contribution in [0.2, 0.25) is 0 Å². The molecule has 5 aromatic rings. The molecule has 1 aliphatic rings. The van der Waals surface area contributed by atoms with Crippen molar-refractivity contribution in [3.05, 3.63) is 118 Å². The molecule has 43 heavy (non-hydrogen) atoms. The van der Waals surface area contributed by atoms with Crippen LogP contribution in [-0.2, 0) is 25.8 Å². The summed E-state index contributed by atoms with van der Waals surface area (Å²) >= 11 is 1.45. The highest BCUT2D eigenvalue weighted by Gasteiger charge is 2.24. The fourth-order valence-corrected chi connectivity index (χ4v) is 6.62. The number of hydrogen-bond acceptors (Lipinski definition) is 6. The van der Waals surface area contributed by atoms with Gasteiger partial charge >= 0.3 is 5.97 Å². The molecule has 0 atom stereocenters. The predicted octanol–water partition coefficient (Wildman–Crippen LogP) is 7.55. The van der Waals surface area contributed by atoms with Crippen LogP contribution in [0.1, 0.15) is 68.8 Å². The summed E-state index contributed by atoms with van der Waals surface area (Å²) in [5.41, 5.74) is 5.76. The summed E-state index contributed by atoms with van der Waals surface area (Å²) in [5, 5.41) is 13.5. The number of nitrogens with one attached hydrogen (secondary N) is 1. The molecular formula is C35H34N4O3S. The maximum absolute atomic E-state index is 13.4. The van der Waals surface area contributed by atoms with Gasteiger partial charge in [0.1, 0.15) is 5.82 Å². The number of carboxylic acids is 1. The number of unbranched alkanes of at least 4 members (excludes halogenated alkanes) is 3. The zero-order chi connectivity index (χ0) is 29.6. The summed E-state index contributed by atoms with van der Waals surface area (Å²) in [4.78, 5) is 36.8. The zero-order valence-electron chi connectivity index (χ0n) is 24.0. The van der Waals surface area contributed by atoms with Gasteiger partial charge in [0.15, 0.2) is 10.8 Å². The van der Waals surface area contributed by atoms with Crippen molar-refractivity contribution in [2.75, 3.05) is 16.8 Å². The molecule has 0 saturated heterocycles. The molecule has 0 unspecified atom stereocenters. The van der Waals surface area contributed by atoms with Crippen molar-refractivity contribution in [2.45, 2.75) is 51.5 Å². The van der Waals surface area contributed by atoms with Crippen LogP contribution in [0.5, 0.6) is 0 Å². The molecule has 2 aromatic heterocycles. The number of carbonyl (C=O) groups is 2. The van der Waals surface area contributed by atoms with E-state index in [1.165, 1.54) is 16.9 Å². The molecular weight excluding hydrogens is 556 g/mol. The fourth-order valence-electron chi connectivity index (χ4n) is 5.76. The maximum atomic E-state index is 13.4. The molecule has 1 aliphatic heterocycles. The number of pyridine rings is 1. The van der Waals surface area contributed by atoms with Crippen molar-refractivity contribution in [2.24, 2.45) is 0 Å². The molecule has 0 saturated carbocycles. The number of hydrogen-bond donors (Lipinski definition) is 2. The molecule has 0 bridgehead atoms. The largest absolute Gasteiger partial charge is 0.477 e. The average molecular weight is 591 g/mol. The molecule has 8 heteroatoms. The SMILES string of the molecule is O=C(Nc1nc2ccccc2s1)c1cccc2c1CN(c1ccc(CCCCCCc3ccccc3)c(C(=O)O)n1)CC2. The van der Waals surface area contributed by atoms with E-state index in [2.05, 4.69) is 50.5 Å². The Morgan fingerprint density at radius 2 is 1.63 bits per heavy atom. The number of carboxylic acid groups (broad SMARTS) is 1. The van der Waals surface area contributed by atoms with Crippen LogP contribution in [0.4, 0.5) is 10.9 Å². The maximum Gasteiger partial charge on any atom is 0.354 e. The molecule has 218 valence electrons. The van der Waals surface area contributed by atoms with E-state index in [0.717, 1.165) is 65.4 Å². The van der Waals surface area contributed by atoms with Crippen LogP contribution in [0.3, 0.4) is 0 Å². The van der Waals surface area contributed by atoms with E-state index in [0.29, 0.717) is 36.0 Å². The lowest BCUT2D eigenvalue weighted by Gasteiger charge is -2.31. The van der Waals surface area contributed by atoms with Gasteiger partial charge in [0.05, 0.1) is 10.2 Å². The van der Waals surface area contributed by atoms with E-state index in [1.54, 1.807) is 0 Å². The van der Waals surface area contributed by atoms with E-state index >= 15 is 0 Å². The van der Waals surface area contributed by atoms with Crippen molar-refractivity contribution < 1.29 is 14.7 Å². The van der Waals surface area contributed by atoms with Crippen LogP contribution in [-0.4, -0.2) is 33.5 Å². The van der Waals surface area contributed by atoms with Crippen LogP contribution in [0.15, 0.2) is 84.9 Å². The van der Waals surface area contributed by atoms with Gasteiger partial charge in [-0.15, -0.1) is 0 Å². The van der Waals surface area contributed by atoms with Gasteiger partial charge < -0.3 is 10.0 Å². The van der Waals surface area contributed by atoms with Crippen molar-refractivity contribution in [3.8, 4) is 0 Å². The van der Waals surface area contributed by atoms with Gasteiger partial charge in [-0.25, -0.2) is 14.8 Å². The summed E-state index contributed by atoms with van der Waals surface area (Å²) in [6, 6.07) is 28.0. The topological polar surface area (TPSA) is 95.4 Å². The standard InChI is InChI=1S/C35H34N4O3S/c40-33(38-35-36-29-17-8-9-18-30(29)43-35)27-16-10-15-25-21-22-39(23-28(25)27)31-20-19-26(32(37-31)34(41)42)14-7-2-1-4-11-24-12-5-3-6-13-24/h3,5-6,8-10,12-13,15-20H,1-2,4,7,11,14,21-23H2,(H,41,42)(H,36,38,40). The van der Waals surface area contributed by atoms with Crippen LogP contribution in [0, 0.1) is 0 Å². The highest BCUT2D eigenvalue weighted by Crippen LogP contribution is 2.29. The van der Waals surface area contributed by atoms with Crippen molar-refractivity contribution in [1.82, 2.24) is 9.97 Å². The first kappa shape index (κ1) is 28.6. The first-order valence-corrected chi connectivity index (χ1v) is 15.7. The van der Waals surface area contributed by atoms with Gasteiger partial charge in [-0.05, 0) is 78.6 Å². The third kappa shape index (κ3) is 6.75. The molecule has 0 spiro atoms. The second kappa shape index (κ2) is 13.2. The number of aromatic carboxylic acids is 1. The normalized spacial score (nSPS) is 12.7. The van der Waals surface area contributed by atoms with Gasteiger partial charge in [-0.3, -0.25) is 10.1 Å². The average Bonchev–Trinajstić information content (AvgIpc) is 3.45. The van der Waals surface area contributed by atoms with Crippen LogP contribution >= 0.6 is 11.3 Å². The zero-order valence-corrected chi connectivity index (χ0v) is 24.8. The number of benzene rings is 3. The van der Waals surface area contributed by atoms with Crippen LogP contribution in [0.25, 0.3) is 10.2 Å². The third-order valence-electron chi connectivity index (χ3n) is 8.03. The highest BCUT2D eigenvalue weighted by molar-refractivity contribution is 7.22. The van der Waals surface area contributed by atoms with Gasteiger partial charge in [0.25, 0.3) is 5.91 Å². The Balaban J connectivity index is 1.11. The number of rotatable bonds is 11. The number of thiazole rings is 1. The lowest BCUT2D eigenvalue weighted by molar-refractivity contribution is 0.0689. The van der Waals surface area contributed by atoms with Gasteiger partial charge in [-0.2, -0.15) is 0 Å². The van der Waals surface area contributed by atoms with E-state index in [1.807, 2.05) is 54.6 Å². The lowest BCUT2D eigenvalue weighted by Crippen LogP contribution is -2.33. The van der Waals surface area contributed by atoms with Crippen molar-refractivity contribution in [1.29, 1.82) is 0 Å². The Morgan fingerprint density at radius 1 is 0.837 bits per heavy atom. The predicted molar refractivity (Wildman–Crippen MR) is 172 cm³/mol. The summed E-state index contributed by atoms with van der Waals surface area (Å²) in [5.74, 6) is -0.582. The minimum Gasteiger partial charge on any atom is -0.477 e. The number of aromatic nitrogens is 2. The molecule has 0 aliphatic carbocycles. The summed E-state index contributed by atoms with van der Waals surface area (Å²) in [6.07, 6.45) is 6.74. The lowest BCUT2D eigenvalue weighted by atomic mass is 9.94. The van der Waals surface area contributed by atoms with Gasteiger partial charge in [0.2, 0.25) is 0 Å². The fraction of sp³-hybridized carbons (Fsp3) is 0.257. The van der Waals surface area contributed by atoms with E-state index in [-0.39, 0.29) is 11.6 Å². The smallest absolute Gasteiger partial charge is 0.354 e. The van der Waals surface area contributed by atoms with E-state index in [9.17, 15) is 14.7 Å². The Bertz CT molecular complexity index is 1720. The number of para-hydroxylation sites is 1. The summed E-state index contributed by atoms with van der Waals surface area (Å²) in [6.45, 7) is 1.17. The van der Waals surface area contributed by atoms with Gasteiger partial charge in [-0.1, -0.05) is 84.8 Å². The monoisotopic (exact) mass is 590 g/mol. The molecule has 0 fully saturated rings. The number of aryl methyl sites for hydroxylation is 2. The molecule has 3 heterocycles. The minimum atomic E-state index is -1.01. The van der Waals surface area contributed by atoms with Gasteiger partial charge in [0, 0.05) is 18.7 Å². The third-order valence-corrected chi connectivity index (χ3v) is 8.98. The summed E-state index contributed by atoms with van der Waals surface area (Å²) in [7, 11) is 0. The molecule has 0 radical (unpaired) electrons.